The molecule has 1 aromatic rings. The van der Waals surface area contributed by atoms with Crippen LogP contribution in [-0.2, 0) is 6.54 Å². The standard InChI is InChI=1S/C9H9N3S.Na/c10-7-12-9(13)11-6-8-4-2-1-3-5-8;/h1-5H,6H2,(H2,11,12,13);. The van der Waals surface area contributed by atoms with Gasteiger partial charge in [-0.1, -0.05) is 30.3 Å². The van der Waals surface area contributed by atoms with Crippen LogP contribution in [0.5, 0.6) is 0 Å². The normalized spacial score (nSPS) is 7.93. The third-order valence-corrected chi connectivity index (χ3v) is 1.71. The van der Waals surface area contributed by atoms with Crippen LogP contribution in [-0.4, -0.2) is 34.7 Å². The van der Waals surface area contributed by atoms with Crippen molar-refractivity contribution in [1.82, 2.24) is 10.6 Å². The molecule has 0 aromatic heterocycles. The number of rotatable bonds is 2. The van der Waals surface area contributed by atoms with Gasteiger partial charge < -0.3 is 5.32 Å². The topological polar surface area (TPSA) is 47.9 Å². The van der Waals surface area contributed by atoms with Crippen LogP contribution in [0.25, 0.3) is 0 Å². The Morgan fingerprint density at radius 3 is 2.57 bits per heavy atom. The van der Waals surface area contributed by atoms with Crippen molar-refractivity contribution < 1.29 is 0 Å². The van der Waals surface area contributed by atoms with Crippen LogP contribution >= 0.6 is 12.2 Å². The summed E-state index contributed by atoms with van der Waals surface area (Å²) in [5.41, 5.74) is 1.13. The van der Waals surface area contributed by atoms with Crippen LogP contribution in [0.15, 0.2) is 30.3 Å². The van der Waals surface area contributed by atoms with Crippen molar-refractivity contribution in [2.45, 2.75) is 6.54 Å². The molecule has 0 unspecified atom stereocenters. The number of hydrogen-bond acceptors (Lipinski definition) is 2. The first kappa shape index (κ1) is 13.4. The molecule has 0 saturated heterocycles. The van der Waals surface area contributed by atoms with Gasteiger partial charge in [0.05, 0.1) is 0 Å². The van der Waals surface area contributed by atoms with E-state index in [0.717, 1.165) is 5.56 Å². The summed E-state index contributed by atoms with van der Waals surface area (Å²) in [6, 6.07) is 9.84. The molecule has 2 N–H and O–H groups in total. The summed E-state index contributed by atoms with van der Waals surface area (Å²) < 4.78 is 0. The van der Waals surface area contributed by atoms with E-state index in [9.17, 15) is 0 Å². The van der Waals surface area contributed by atoms with Crippen molar-refractivity contribution in [3.8, 4) is 6.19 Å². The summed E-state index contributed by atoms with van der Waals surface area (Å²) in [4.78, 5) is 0. The number of thiocarbonyl (C=S) groups is 1. The molecule has 5 heteroatoms. The van der Waals surface area contributed by atoms with Gasteiger partial charge in [0.1, 0.15) is 0 Å². The zero-order valence-electron chi connectivity index (χ0n) is 7.95. The maximum Gasteiger partial charge on any atom is 0.183 e. The predicted molar refractivity (Wildman–Crippen MR) is 60.4 cm³/mol. The van der Waals surface area contributed by atoms with Gasteiger partial charge in [-0.2, -0.15) is 5.26 Å². The van der Waals surface area contributed by atoms with Gasteiger partial charge in [0, 0.05) is 36.1 Å². The first-order valence-electron chi connectivity index (χ1n) is 3.80. The van der Waals surface area contributed by atoms with Gasteiger partial charge in [0.25, 0.3) is 0 Å². The molecule has 0 spiro atoms. The van der Waals surface area contributed by atoms with Crippen molar-refractivity contribution in [2.24, 2.45) is 0 Å². The summed E-state index contributed by atoms with van der Waals surface area (Å²) in [7, 11) is 0. The van der Waals surface area contributed by atoms with Gasteiger partial charge in [-0.05, 0) is 17.8 Å². The Morgan fingerprint density at radius 1 is 1.36 bits per heavy atom. The summed E-state index contributed by atoms with van der Waals surface area (Å²) >= 11 is 4.81. The van der Waals surface area contributed by atoms with Gasteiger partial charge in [-0.3, -0.25) is 5.32 Å². The van der Waals surface area contributed by atoms with E-state index in [4.69, 9.17) is 17.5 Å². The minimum atomic E-state index is 0. The molecule has 0 fully saturated rings. The van der Waals surface area contributed by atoms with Crippen LogP contribution in [0.4, 0.5) is 0 Å². The van der Waals surface area contributed by atoms with E-state index in [1.54, 1.807) is 6.19 Å². The average Bonchev–Trinajstić information content (AvgIpc) is 2.17. The first-order chi connectivity index (χ1) is 6.33. The Bertz CT molecular complexity index is 321. The minimum absolute atomic E-state index is 0. The molecular weight excluding hydrogens is 205 g/mol. The van der Waals surface area contributed by atoms with Crippen LogP contribution in [0.1, 0.15) is 5.56 Å². The second-order valence-corrected chi connectivity index (χ2v) is 2.81. The molecule has 3 nitrogen and oxygen atoms in total. The van der Waals surface area contributed by atoms with E-state index in [2.05, 4.69) is 10.6 Å². The van der Waals surface area contributed by atoms with Gasteiger partial charge in [-0.15, -0.1) is 0 Å². The largest absolute Gasteiger partial charge is 0.358 e. The summed E-state index contributed by atoms with van der Waals surface area (Å²) in [5.74, 6) is 0. The Kier molecular flexibility index (Phi) is 7.44. The van der Waals surface area contributed by atoms with Crippen LogP contribution in [0, 0.1) is 11.5 Å². The Morgan fingerprint density at radius 2 is 2.00 bits per heavy atom. The second kappa shape index (κ2) is 7.77. The molecule has 0 saturated carbocycles. The molecule has 0 heterocycles. The maximum absolute atomic E-state index is 8.25. The second-order valence-electron chi connectivity index (χ2n) is 2.41. The van der Waals surface area contributed by atoms with E-state index < -0.39 is 0 Å². The molecule has 0 amide bonds. The Balaban J connectivity index is 0.00000169. The van der Waals surface area contributed by atoms with E-state index in [1.165, 1.54) is 0 Å². The molecule has 1 rings (SSSR count). The molecule has 0 atom stereocenters. The smallest absolute Gasteiger partial charge is 0.183 e. The van der Waals surface area contributed by atoms with Gasteiger partial charge in [0.2, 0.25) is 0 Å². The summed E-state index contributed by atoms with van der Waals surface area (Å²) in [6.07, 6.45) is 1.75. The molecule has 1 aromatic carbocycles. The average molecular weight is 214 g/mol. The molecule has 0 bridgehead atoms. The van der Waals surface area contributed by atoms with E-state index in [-0.39, 0.29) is 29.6 Å². The molecule has 0 aliphatic heterocycles. The monoisotopic (exact) mass is 214 g/mol. The van der Waals surface area contributed by atoms with Crippen LogP contribution in [0.3, 0.4) is 0 Å². The fraction of sp³-hybridized carbons (Fsp3) is 0.111. The van der Waals surface area contributed by atoms with Crippen molar-refractivity contribution in [3.05, 3.63) is 35.9 Å². The van der Waals surface area contributed by atoms with E-state index in [1.807, 2.05) is 30.3 Å². The number of hydrogen-bond donors (Lipinski definition) is 2. The third kappa shape index (κ3) is 5.20. The SMILES string of the molecule is N#CNC(=S)NCc1ccccc1.[Na]. The first-order valence-corrected chi connectivity index (χ1v) is 4.20. The molecule has 0 aliphatic carbocycles. The zero-order chi connectivity index (χ0) is 9.52. The zero-order valence-corrected chi connectivity index (χ0v) is 10.8. The quantitative estimate of drug-likeness (QED) is 0.330. The van der Waals surface area contributed by atoms with Crippen molar-refractivity contribution in [3.63, 3.8) is 0 Å². The molecule has 1 radical (unpaired) electrons. The molecular formula is C9H9N3NaS. The van der Waals surface area contributed by atoms with Crippen molar-refractivity contribution >= 4 is 46.9 Å². The van der Waals surface area contributed by atoms with Crippen LogP contribution in [0.2, 0.25) is 0 Å². The number of nitrogens with zero attached hydrogens (tertiary/aromatic N) is 1. The third-order valence-electron chi connectivity index (χ3n) is 1.47. The van der Waals surface area contributed by atoms with Gasteiger partial charge in [-0.25, -0.2) is 0 Å². The molecule has 67 valence electrons. The fourth-order valence-electron chi connectivity index (χ4n) is 0.873. The molecule has 0 aliphatic rings. The fourth-order valence-corrected chi connectivity index (χ4v) is 0.991. The van der Waals surface area contributed by atoms with Gasteiger partial charge >= 0.3 is 0 Å². The predicted octanol–water partition coefficient (Wildman–Crippen LogP) is 0.751. The van der Waals surface area contributed by atoms with Crippen LogP contribution < -0.4 is 10.6 Å². The number of nitriles is 1. The minimum Gasteiger partial charge on any atom is -0.358 e. The maximum atomic E-state index is 8.25. The summed E-state index contributed by atoms with van der Waals surface area (Å²) in [6.45, 7) is 0.633. The number of nitrogens with one attached hydrogen (secondary N) is 2. The molecule has 14 heavy (non-hydrogen) atoms. The van der Waals surface area contributed by atoms with E-state index in [0.29, 0.717) is 11.7 Å². The Hall–Kier alpha value is -0.600. The van der Waals surface area contributed by atoms with Crippen molar-refractivity contribution in [1.29, 1.82) is 5.26 Å². The van der Waals surface area contributed by atoms with Gasteiger partial charge in [0.15, 0.2) is 11.3 Å². The van der Waals surface area contributed by atoms with Crippen molar-refractivity contribution in [2.75, 3.05) is 0 Å². The number of benzene rings is 1. The van der Waals surface area contributed by atoms with E-state index >= 15 is 0 Å². The Labute approximate surface area is 111 Å². The summed E-state index contributed by atoms with van der Waals surface area (Å²) in [5, 5.41) is 13.8.